The summed E-state index contributed by atoms with van der Waals surface area (Å²) in [6, 6.07) is -1.33. The Balaban J connectivity index is 4.76. The molecule has 0 aromatic rings. The Labute approximate surface area is 119 Å². The van der Waals surface area contributed by atoms with Gasteiger partial charge in [-0.15, -0.1) is 0 Å². The number of carboxylic acids is 1. The summed E-state index contributed by atoms with van der Waals surface area (Å²) >= 11 is 0. The summed E-state index contributed by atoms with van der Waals surface area (Å²) < 4.78 is 4.65. The highest BCUT2D eigenvalue weighted by Crippen LogP contribution is 2.07. The van der Waals surface area contributed by atoms with Gasteiger partial charge in [0.25, 0.3) is 0 Å². The minimum atomic E-state index is -1.09. The molecule has 7 heteroatoms. The summed E-state index contributed by atoms with van der Waals surface area (Å²) in [5.74, 6) is -1.43. The van der Waals surface area contributed by atoms with Crippen LogP contribution < -0.4 is 5.32 Å². The maximum Gasteiger partial charge on any atom is 0.328 e. The minimum Gasteiger partial charge on any atom is -0.480 e. The van der Waals surface area contributed by atoms with E-state index in [4.69, 9.17) is 5.11 Å². The molecule has 0 rings (SSSR count). The molecule has 0 aliphatic rings. The molecule has 7 nitrogen and oxygen atoms in total. The van der Waals surface area contributed by atoms with Crippen LogP contribution in [0.25, 0.3) is 0 Å². The van der Waals surface area contributed by atoms with Gasteiger partial charge in [0, 0.05) is 6.54 Å². The van der Waals surface area contributed by atoms with Crippen LogP contribution in [0.4, 0.5) is 4.79 Å². The highest BCUT2D eigenvalue weighted by molar-refractivity contribution is 5.85. The van der Waals surface area contributed by atoms with Crippen molar-refractivity contribution in [1.29, 1.82) is 0 Å². The second-order valence-corrected chi connectivity index (χ2v) is 4.97. The Morgan fingerprint density at radius 1 is 1.30 bits per heavy atom. The summed E-state index contributed by atoms with van der Waals surface area (Å²) in [7, 11) is 1.25. The molecule has 0 spiro atoms. The number of carboxylic acid groups (broad SMARTS) is 1. The summed E-state index contributed by atoms with van der Waals surface area (Å²) in [5, 5.41) is 11.3. The zero-order valence-electron chi connectivity index (χ0n) is 12.5. The van der Waals surface area contributed by atoms with Gasteiger partial charge in [-0.2, -0.15) is 0 Å². The molecule has 0 saturated heterocycles. The van der Waals surface area contributed by atoms with Crippen molar-refractivity contribution in [2.24, 2.45) is 5.92 Å². The molecule has 0 aromatic carbocycles. The number of ether oxygens (including phenoxy) is 1. The quantitative estimate of drug-likeness (QED) is 0.652. The number of hydrogen-bond acceptors (Lipinski definition) is 4. The molecule has 0 saturated carbocycles. The number of rotatable bonds is 8. The van der Waals surface area contributed by atoms with Crippen molar-refractivity contribution in [1.82, 2.24) is 10.2 Å². The highest BCUT2D eigenvalue weighted by atomic mass is 16.5. The van der Waals surface area contributed by atoms with E-state index in [2.05, 4.69) is 10.1 Å². The van der Waals surface area contributed by atoms with Crippen molar-refractivity contribution in [3.8, 4) is 0 Å². The standard InChI is InChI=1S/C13H24N2O5/c1-5-6-15(8-11(16)17)13(19)14-10(7-9(2)3)12(18)20-4/h9-10H,5-8H2,1-4H3,(H,14,19)(H,16,17). The van der Waals surface area contributed by atoms with Gasteiger partial charge in [0.1, 0.15) is 12.6 Å². The molecule has 0 radical (unpaired) electrons. The molecule has 20 heavy (non-hydrogen) atoms. The van der Waals surface area contributed by atoms with E-state index in [-0.39, 0.29) is 5.92 Å². The van der Waals surface area contributed by atoms with Crippen LogP contribution in [0, 0.1) is 5.92 Å². The van der Waals surface area contributed by atoms with Crippen LogP contribution in [0.3, 0.4) is 0 Å². The van der Waals surface area contributed by atoms with Crippen molar-refractivity contribution in [3.63, 3.8) is 0 Å². The van der Waals surface area contributed by atoms with E-state index in [0.717, 1.165) is 0 Å². The lowest BCUT2D eigenvalue weighted by molar-refractivity contribution is -0.143. The van der Waals surface area contributed by atoms with Crippen LogP contribution >= 0.6 is 0 Å². The third-order valence-electron chi connectivity index (χ3n) is 2.60. The van der Waals surface area contributed by atoms with Crippen LogP contribution in [-0.2, 0) is 14.3 Å². The zero-order valence-corrected chi connectivity index (χ0v) is 12.5. The van der Waals surface area contributed by atoms with Crippen molar-refractivity contribution in [2.45, 2.75) is 39.7 Å². The SMILES string of the molecule is CCCN(CC(=O)O)C(=O)NC(CC(C)C)C(=O)OC. The molecule has 1 atom stereocenters. The number of methoxy groups -OCH3 is 1. The Bertz CT molecular complexity index is 344. The Morgan fingerprint density at radius 3 is 2.30 bits per heavy atom. The molecular formula is C13H24N2O5. The third-order valence-corrected chi connectivity index (χ3v) is 2.60. The van der Waals surface area contributed by atoms with Gasteiger partial charge in [-0.25, -0.2) is 9.59 Å². The molecule has 0 bridgehead atoms. The molecule has 0 aliphatic carbocycles. The van der Waals surface area contributed by atoms with Gasteiger partial charge in [-0.3, -0.25) is 4.79 Å². The smallest absolute Gasteiger partial charge is 0.328 e. The lowest BCUT2D eigenvalue weighted by Crippen LogP contribution is -2.50. The number of esters is 1. The summed E-state index contributed by atoms with van der Waals surface area (Å²) in [4.78, 5) is 35.5. The van der Waals surface area contributed by atoms with Gasteiger partial charge in [-0.05, 0) is 18.8 Å². The van der Waals surface area contributed by atoms with Crippen LogP contribution in [0.1, 0.15) is 33.6 Å². The molecule has 0 aliphatic heterocycles. The van der Waals surface area contributed by atoms with Gasteiger partial charge >= 0.3 is 18.0 Å². The van der Waals surface area contributed by atoms with Gasteiger partial charge in [0.15, 0.2) is 0 Å². The van der Waals surface area contributed by atoms with Crippen molar-refractivity contribution in [2.75, 3.05) is 20.2 Å². The molecular weight excluding hydrogens is 264 g/mol. The Morgan fingerprint density at radius 2 is 1.90 bits per heavy atom. The van der Waals surface area contributed by atoms with E-state index < -0.39 is 30.6 Å². The van der Waals surface area contributed by atoms with Gasteiger partial charge in [0.05, 0.1) is 7.11 Å². The first kappa shape index (κ1) is 18.2. The summed E-state index contributed by atoms with van der Waals surface area (Å²) in [6.07, 6.45) is 1.07. The van der Waals surface area contributed by atoms with E-state index >= 15 is 0 Å². The van der Waals surface area contributed by atoms with E-state index in [1.165, 1.54) is 12.0 Å². The minimum absolute atomic E-state index is 0.193. The number of nitrogens with zero attached hydrogens (tertiary/aromatic N) is 1. The Hall–Kier alpha value is -1.79. The highest BCUT2D eigenvalue weighted by Gasteiger charge is 2.25. The molecule has 0 aromatic heterocycles. The average molecular weight is 288 g/mol. The predicted octanol–water partition coefficient (Wildman–Crippen LogP) is 1.08. The fourth-order valence-corrected chi connectivity index (χ4v) is 1.75. The summed E-state index contributed by atoms with van der Waals surface area (Å²) in [5.41, 5.74) is 0. The Kier molecular flexibility index (Phi) is 8.35. The number of carbonyl (C=O) groups excluding carboxylic acids is 2. The molecule has 2 N–H and O–H groups in total. The second-order valence-electron chi connectivity index (χ2n) is 4.97. The number of aliphatic carboxylic acids is 1. The normalized spacial score (nSPS) is 11.8. The number of hydrogen-bond donors (Lipinski definition) is 2. The van der Waals surface area contributed by atoms with E-state index in [1.807, 2.05) is 20.8 Å². The van der Waals surface area contributed by atoms with Gasteiger partial charge < -0.3 is 20.1 Å². The third kappa shape index (κ3) is 6.96. The van der Waals surface area contributed by atoms with Crippen molar-refractivity contribution < 1.29 is 24.2 Å². The topological polar surface area (TPSA) is 95.9 Å². The number of nitrogens with one attached hydrogen (secondary N) is 1. The van der Waals surface area contributed by atoms with Crippen LogP contribution in [0.2, 0.25) is 0 Å². The lowest BCUT2D eigenvalue weighted by Gasteiger charge is -2.24. The molecule has 0 heterocycles. The van der Waals surface area contributed by atoms with Crippen LogP contribution in [-0.4, -0.2) is 54.2 Å². The van der Waals surface area contributed by atoms with Gasteiger partial charge in [-0.1, -0.05) is 20.8 Å². The maximum absolute atomic E-state index is 12.0. The summed E-state index contributed by atoms with van der Waals surface area (Å²) in [6.45, 7) is 5.60. The molecule has 1 unspecified atom stereocenters. The number of amides is 2. The van der Waals surface area contributed by atoms with Gasteiger partial charge in [0.2, 0.25) is 0 Å². The monoisotopic (exact) mass is 288 g/mol. The van der Waals surface area contributed by atoms with Crippen LogP contribution in [0.15, 0.2) is 0 Å². The molecule has 2 amide bonds. The fraction of sp³-hybridized carbons (Fsp3) is 0.769. The first-order chi connectivity index (χ1) is 9.31. The lowest BCUT2D eigenvalue weighted by atomic mass is 10.0. The zero-order chi connectivity index (χ0) is 15.7. The van der Waals surface area contributed by atoms with E-state index in [1.54, 1.807) is 0 Å². The van der Waals surface area contributed by atoms with Crippen molar-refractivity contribution in [3.05, 3.63) is 0 Å². The predicted molar refractivity (Wildman–Crippen MR) is 73.3 cm³/mol. The van der Waals surface area contributed by atoms with E-state index in [0.29, 0.717) is 19.4 Å². The number of urea groups is 1. The first-order valence-corrected chi connectivity index (χ1v) is 6.66. The van der Waals surface area contributed by atoms with Crippen LogP contribution in [0.5, 0.6) is 0 Å². The van der Waals surface area contributed by atoms with Crippen molar-refractivity contribution >= 4 is 18.0 Å². The average Bonchev–Trinajstić information content (AvgIpc) is 2.35. The second kappa shape index (κ2) is 9.17. The largest absolute Gasteiger partial charge is 0.480 e. The molecule has 0 fully saturated rings. The fourth-order valence-electron chi connectivity index (χ4n) is 1.75. The number of carbonyl (C=O) groups is 3. The molecule has 116 valence electrons. The van der Waals surface area contributed by atoms with E-state index in [9.17, 15) is 14.4 Å². The maximum atomic E-state index is 12.0. The first-order valence-electron chi connectivity index (χ1n) is 6.66.